The van der Waals surface area contributed by atoms with Crippen molar-refractivity contribution < 1.29 is 0 Å². The Balaban J connectivity index is 1.87. The second kappa shape index (κ2) is 12.0. The lowest BCUT2D eigenvalue weighted by atomic mass is 9.79. The minimum atomic E-state index is 0.0468. The smallest absolute Gasteiger partial charge is 0.231 e. The normalized spacial score (nSPS) is 22.6. The third-order valence-corrected chi connectivity index (χ3v) is 8.28. The van der Waals surface area contributed by atoms with Gasteiger partial charge < -0.3 is 30.7 Å². The fourth-order valence-corrected chi connectivity index (χ4v) is 7.20. The maximum Gasteiger partial charge on any atom is 0.231 e. The molecule has 3 rings (SSSR count). The lowest BCUT2D eigenvalue weighted by molar-refractivity contribution is 0.160. The van der Waals surface area contributed by atoms with Gasteiger partial charge in [0.1, 0.15) is 0 Å². The largest absolute Gasteiger partial charge is 0.354 e. The zero-order valence-corrected chi connectivity index (χ0v) is 27.2. The molecule has 1 aromatic heterocycles. The van der Waals surface area contributed by atoms with E-state index in [9.17, 15) is 0 Å². The lowest BCUT2D eigenvalue weighted by Crippen LogP contribution is -2.62. The Morgan fingerprint density at radius 2 is 1.10 bits per heavy atom. The van der Waals surface area contributed by atoms with Gasteiger partial charge in [-0.2, -0.15) is 15.0 Å². The van der Waals surface area contributed by atoms with Gasteiger partial charge in [0.15, 0.2) is 0 Å². The molecule has 0 aromatic carbocycles. The van der Waals surface area contributed by atoms with Crippen molar-refractivity contribution in [3.8, 4) is 0 Å². The first-order valence-corrected chi connectivity index (χ1v) is 15.1. The summed E-state index contributed by atoms with van der Waals surface area (Å²) < 4.78 is 0. The van der Waals surface area contributed by atoms with Gasteiger partial charge in [0.2, 0.25) is 17.8 Å². The van der Waals surface area contributed by atoms with Gasteiger partial charge in [-0.1, -0.05) is 6.92 Å². The van der Waals surface area contributed by atoms with Crippen LogP contribution in [0, 0.1) is 0 Å². The first-order chi connectivity index (χ1) is 17.9. The van der Waals surface area contributed by atoms with E-state index >= 15 is 0 Å². The van der Waals surface area contributed by atoms with Crippen molar-refractivity contribution in [2.75, 3.05) is 55.9 Å². The van der Waals surface area contributed by atoms with E-state index in [4.69, 9.17) is 15.0 Å². The van der Waals surface area contributed by atoms with Crippen LogP contribution in [0.2, 0.25) is 0 Å². The van der Waals surface area contributed by atoms with E-state index in [1.165, 1.54) is 6.42 Å². The van der Waals surface area contributed by atoms with Gasteiger partial charge >= 0.3 is 0 Å². The molecule has 0 radical (unpaired) electrons. The Morgan fingerprint density at radius 1 is 0.692 bits per heavy atom. The molecule has 0 atom stereocenters. The molecule has 1 aromatic rings. The van der Waals surface area contributed by atoms with E-state index in [0.29, 0.717) is 18.0 Å². The molecule has 0 aliphatic carbocycles. The number of hydrogen-bond donors (Lipinski definition) is 3. The van der Waals surface area contributed by atoms with Crippen molar-refractivity contribution in [3.63, 3.8) is 0 Å². The van der Waals surface area contributed by atoms with Crippen LogP contribution >= 0.6 is 0 Å². The summed E-state index contributed by atoms with van der Waals surface area (Å²) in [7, 11) is 6.50. The van der Waals surface area contributed by atoms with E-state index in [0.717, 1.165) is 63.6 Å². The summed E-state index contributed by atoms with van der Waals surface area (Å²) in [6, 6.07) is 0.674. The average molecular weight is 546 g/mol. The minimum Gasteiger partial charge on any atom is -0.354 e. The number of piperidine rings is 2. The lowest BCUT2D eigenvalue weighted by Gasteiger charge is -2.49. The van der Waals surface area contributed by atoms with Gasteiger partial charge in [0.25, 0.3) is 0 Å². The van der Waals surface area contributed by atoms with Crippen LogP contribution in [0.15, 0.2) is 0 Å². The summed E-state index contributed by atoms with van der Waals surface area (Å²) in [5.41, 5.74) is 0.187. The Hall–Kier alpha value is -1.71. The molecular weight excluding hydrogens is 486 g/mol. The van der Waals surface area contributed by atoms with Crippen LogP contribution in [0.4, 0.5) is 17.8 Å². The van der Waals surface area contributed by atoms with Gasteiger partial charge in [-0.05, 0) is 114 Å². The summed E-state index contributed by atoms with van der Waals surface area (Å²) >= 11 is 0. The summed E-state index contributed by atoms with van der Waals surface area (Å²) in [5, 5.41) is 11.2. The highest BCUT2D eigenvalue weighted by Gasteiger charge is 2.41. The van der Waals surface area contributed by atoms with Crippen molar-refractivity contribution in [2.45, 2.75) is 135 Å². The molecule has 0 spiro atoms. The monoisotopic (exact) mass is 545 g/mol. The van der Waals surface area contributed by atoms with Gasteiger partial charge in [-0.25, -0.2) is 0 Å². The maximum atomic E-state index is 5.10. The van der Waals surface area contributed by atoms with Crippen LogP contribution in [0.5, 0.6) is 0 Å². The van der Waals surface area contributed by atoms with Crippen LogP contribution < -0.4 is 25.8 Å². The highest BCUT2D eigenvalue weighted by atomic mass is 15.4. The number of rotatable bonds is 11. The van der Waals surface area contributed by atoms with Crippen molar-refractivity contribution in [3.05, 3.63) is 0 Å². The number of hydrogen-bond acceptors (Lipinski definition) is 9. The van der Waals surface area contributed by atoms with Gasteiger partial charge in [0.05, 0.1) is 0 Å². The SMILES string of the molecule is CCCN(C)CCCNc1nc(N(C)C2CC(C)(C)NC(C)(C)C2)nc(N(C)C2CC(C)(C)NC(C)(C)C2)n1. The average Bonchev–Trinajstić information content (AvgIpc) is 2.77. The zero-order valence-electron chi connectivity index (χ0n) is 27.2. The highest BCUT2D eigenvalue weighted by Crippen LogP contribution is 2.35. The molecule has 0 bridgehead atoms. The third-order valence-electron chi connectivity index (χ3n) is 8.28. The molecular formula is C30H59N9. The van der Waals surface area contributed by atoms with E-state index in [-0.39, 0.29) is 22.2 Å². The standard InChI is InChI=1S/C30H59N9/c1-13-16-37(10)17-14-15-31-24-32-25(38(11)22-18-27(2,3)35-28(4,5)19-22)34-26(33-24)39(12)23-20-29(6,7)36-30(8,9)21-23/h22-23,35-36H,13-21H2,1-12H3,(H,31,32,33,34). The Morgan fingerprint density at radius 3 is 1.49 bits per heavy atom. The first-order valence-electron chi connectivity index (χ1n) is 15.1. The van der Waals surface area contributed by atoms with Crippen molar-refractivity contribution in [1.29, 1.82) is 0 Å². The van der Waals surface area contributed by atoms with Crippen LogP contribution in [0.3, 0.4) is 0 Å². The van der Waals surface area contributed by atoms with E-state index in [1.807, 2.05) is 0 Å². The van der Waals surface area contributed by atoms with Crippen molar-refractivity contribution >= 4 is 17.8 Å². The fraction of sp³-hybridized carbons (Fsp3) is 0.900. The van der Waals surface area contributed by atoms with Crippen LogP contribution in [-0.4, -0.2) is 94.9 Å². The van der Waals surface area contributed by atoms with Crippen LogP contribution in [0.25, 0.3) is 0 Å². The first kappa shape index (κ1) is 31.8. The number of nitrogens with one attached hydrogen (secondary N) is 3. The second-order valence-electron chi connectivity index (χ2n) is 15.0. The molecule has 2 aliphatic heterocycles. The summed E-state index contributed by atoms with van der Waals surface area (Å²) in [4.78, 5) is 22.0. The molecule has 9 nitrogen and oxygen atoms in total. The Labute approximate surface area is 239 Å². The molecule has 224 valence electrons. The molecule has 3 heterocycles. The number of anilines is 3. The molecule has 3 N–H and O–H groups in total. The summed E-state index contributed by atoms with van der Waals surface area (Å²) in [5.74, 6) is 2.18. The Kier molecular flexibility index (Phi) is 9.81. The molecule has 0 unspecified atom stereocenters. The summed E-state index contributed by atoms with van der Waals surface area (Å²) in [6.45, 7) is 23.6. The molecule has 2 fully saturated rings. The highest BCUT2D eigenvalue weighted by molar-refractivity contribution is 5.46. The van der Waals surface area contributed by atoms with Crippen molar-refractivity contribution in [2.24, 2.45) is 0 Å². The van der Waals surface area contributed by atoms with E-state index < -0.39 is 0 Å². The van der Waals surface area contributed by atoms with Gasteiger partial charge in [-0.15, -0.1) is 0 Å². The molecule has 39 heavy (non-hydrogen) atoms. The van der Waals surface area contributed by atoms with E-state index in [2.05, 4.69) is 114 Å². The minimum absolute atomic E-state index is 0.0468. The van der Waals surface area contributed by atoms with Crippen molar-refractivity contribution in [1.82, 2.24) is 30.5 Å². The van der Waals surface area contributed by atoms with Gasteiger partial charge in [-0.3, -0.25) is 0 Å². The molecule has 2 aliphatic rings. The quantitative estimate of drug-likeness (QED) is 0.348. The predicted molar refractivity (Wildman–Crippen MR) is 166 cm³/mol. The molecule has 0 saturated carbocycles. The molecule has 0 amide bonds. The Bertz CT molecular complexity index is 848. The second-order valence-corrected chi connectivity index (χ2v) is 15.0. The maximum absolute atomic E-state index is 5.10. The van der Waals surface area contributed by atoms with E-state index in [1.54, 1.807) is 0 Å². The fourth-order valence-electron chi connectivity index (χ4n) is 7.20. The summed E-state index contributed by atoms with van der Waals surface area (Å²) in [6.07, 6.45) is 6.36. The molecule has 9 heteroatoms. The number of aromatic nitrogens is 3. The van der Waals surface area contributed by atoms with Crippen LogP contribution in [-0.2, 0) is 0 Å². The topological polar surface area (TPSA) is 84.5 Å². The molecule has 2 saturated heterocycles. The third kappa shape index (κ3) is 9.15. The van der Waals surface area contributed by atoms with Crippen LogP contribution in [0.1, 0.15) is 101 Å². The number of nitrogens with zero attached hydrogens (tertiary/aromatic N) is 6. The van der Waals surface area contributed by atoms with Gasteiger partial charge in [0, 0.05) is 54.9 Å². The zero-order chi connectivity index (χ0) is 29.2. The predicted octanol–water partition coefficient (Wildman–Crippen LogP) is 4.51.